The van der Waals surface area contributed by atoms with E-state index in [0.29, 0.717) is 29.1 Å². The molecule has 6 aromatic rings. The highest BCUT2D eigenvalue weighted by atomic mass is 16.4. The van der Waals surface area contributed by atoms with Gasteiger partial charge in [-0.05, 0) is 68.3 Å². The number of hydrogen-bond donors (Lipinski definition) is 10. The Balaban J connectivity index is 0.000000251. The fourth-order valence-electron chi connectivity index (χ4n) is 6.19. The monoisotopic (exact) mass is 923 g/mol. The number of aromatic hydroxyl groups is 1. The second-order valence-corrected chi connectivity index (χ2v) is 14.7. The summed E-state index contributed by atoms with van der Waals surface area (Å²) in [5.74, 6) is -6.48. The Morgan fingerprint density at radius 3 is 1.61 bits per heavy atom. The molecule has 0 aliphatic carbocycles. The van der Waals surface area contributed by atoms with Crippen molar-refractivity contribution in [2.24, 2.45) is 0 Å². The van der Waals surface area contributed by atoms with Crippen LogP contribution >= 0.6 is 0 Å². The van der Waals surface area contributed by atoms with Gasteiger partial charge in [-0.1, -0.05) is 0 Å². The van der Waals surface area contributed by atoms with Crippen LogP contribution in [-0.2, 0) is 25.7 Å². The molecule has 350 valence electrons. The van der Waals surface area contributed by atoms with Crippen LogP contribution in [-0.4, -0.2) is 127 Å². The third-order valence-electron chi connectivity index (χ3n) is 9.94. The molecule has 0 spiro atoms. The van der Waals surface area contributed by atoms with E-state index in [-0.39, 0.29) is 77.6 Å². The standard InChI is InChI=1S/C21H23N7O6.C20H22N8O5/c1-10(14-9-23-17-16(24-14)19(32)27-21(22)26-17)28(2)12-5-3-11(4-6-12)18(31)25-13(20(33)34)7-8-15(29)30;1-28(9-11-8-23-17-15(24-11)16(21)26-20(22)27-17)12-4-2-10(3-5-12)18(31)25-13(19(32)33)6-7-14(29)30/h3-6,9-10,13H,7-8H2,1-2H3,(H,25,31)(H,29,30)(H,33,34)(H3,22,23,26,27,32);2-5,8,13H,6-7,9H2,1H3,(H,25,31)(H,29,30)(H,32,33)(H4,21,22,23,26,27)/t;13-/m.0/s1. The quantitative estimate of drug-likeness (QED) is 0.0579. The molecule has 2 unspecified atom stereocenters. The number of carboxylic acid groups (broad SMARTS) is 4. The van der Waals surface area contributed by atoms with Gasteiger partial charge < -0.3 is 63.2 Å². The lowest BCUT2D eigenvalue weighted by Gasteiger charge is -2.26. The van der Waals surface area contributed by atoms with E-state index in [2.05, 4.69) is 50.5 Å². The second kappa shape index (κ2) is 21.5. The first-order valence-corrected chi connectivity index (χ1v) is 19.9. The summed E-state index contributed by atoms with van der Waals surface area (Å²) in [6.07, 6.45) is 1.87. The molecule has 0 saturated carbocycles. The zero-order chi connectivity index (χ0) is 49.1. The van der Waals surface area contributed by atoms with Gasteiger partial charge in [0.05, 0.1) is 36.4 Å². The Hall–Kier alpha value is -9.10. The summed E-state index contributed by atoms with van der Waals surface area (Å²) in [6, 6.07) is 9.96. The minimum Gasteiger partial charge on any atom is -0.492 e. The zero-order valence-corrected chi connectivity index (χ0v) is 35.9. The molecule has 0 fully saturated rings. The summed E-state index contributed by atoms with van der Waals surface area (Å²) in [4.78, 5) is 105. The average molecular weight is 924 g/mol. The molecule has 4 heterocycles. The van der Waals surface area contributed by atoms with E-state index in [1.807, 2.05) is 23.8 Å². The number of nitrogens with one attached hydrogen (secondary N) is 2. The minimum absolute atomic E-state index is 0.0138. The number of nitrogens with two attached hydrogens (primary N) is 3. The Morgan fingerprint density at radius 2 is 1.10 bits per heavy atom. The summed E-state index contributed by atoms with van der Waals surface area (Å²) in [6.45, 7) is 2.24. The molecule has 26 nitrogen and oxygen atoms in total. The van der Waals surface area contributed by atoms with Gasteiger partial charge in [0.25, 0.3) is 11.8 Å². The van der Waals surface area contributed by atoms with Crippen LogP contribution in [0.2, 0.25) is 0 Å². The molecule has 26 heteroatoms. The maximum absolute atomic E-state index is 12.4. The van der Waals surface area contributed by atoms with Crippen molar-refractivity contribution in [3.05, 3.63) is 83.4 Å². The first-order valence-electron chi connectivity index (χ1n) is 19.9. The maximum atomic E-state index is 12.4. The lowest BCUT2D eigenvalue weighted by atomic mass is 10.1. The van der Waals surface area contributed by atoms with Gasteiger partial charge in [0.2, 0.25) is 17.8 Å². The zero-order valence-electron chi connectivity index (χ0n) is 35.9. The molecule has 0 bridgehead atoms. The Kier molecular flexibility index (Phi) is 15.7. The van der Waals surface area contributed by atoms with Gasteiger partial charge in [-0.25, -0.2) is 29.5 Å². The number of nitrogens with zero attached hydrogens (tertiary/aromatic N) is 10. The summed E-state index contributed by atoms with van der Waals surface area (Å²) < 4.78 is 0. The predicted molar refractivity (Wildman–Crippen MR) is 238 cm³/mol. The van der Waals surface area contributed by atoms with Crippen LogP contribution in [0.4, 0.5) is 29.1 Å². The lowest BCUT2D eigenvalue weighted by molar-refractivity contribution is -0.142. The molecular formula is C41H45N15O11. The topological polar surface area (TPSA) is 415 Å². The molecule has 0 aliphatic heterocycles. The number of carboxylic acids is 4. The fraction of sp³-hybridized carbons (Fsp3) is 0.268. The van der Waals surface area contributed by atoms with Gasteiger partial charge in [0, 0.05) is 49.4 Å². The SMILES string of the molecule is CC(c1cnc2nc(N)nc(O)c2n1)N(C)c1ccc(C(=O)NC(CCC(=O)O)C(=O)O)cc1.CN(Cc1cnc2nc(N)nc(N)c2n1)c1ccc(C(=O)N[C@@H](CCC(=O)O)C(=O)O)cc1. The van der Waals surface area contributed by atoms with Crippen LogP contribution in [0.1, 0.15) is 70.8 Å². The predicted octanol–water partition coefficient (Wildman–Crippen LogP) is 1.22. The number of amides is 2. The molecule has 2 aromatic carbocycles. The maximum Gasteiger partial charge on any atom is 0.326 e. The summed E-state index contributed by atoms with van der Waals surface area (Å²) in [5, 5.41) is 50.5. The number of benzene rings is 2. The number of carbonyl (C=O) groups excluding carboxylic acids is 2. The van der Waals surface area contributed by atoms with Crippen molar-refractivity contribution < 1.29 is 54.3 Å². The molecule has 0 aliphatic rings. The van der Waals surface area contributed by atoms with Gasteiger partial charge in [-0.2, -0.15) is 19.9 Å². The van der Waals surface area contributed by atoms with Crippen molar-refractivity contribution in [2.75, 3.05) is 41.1 Å². The van der Waals surface area contributed by atoms with Gasteiger partial charge in [-0.15, -0.1) is 0 Å². The smallest absolute Gasteiger partial charge is 0.326 e. The van der Waals surface area contributed by atoms with Crippen molar-refractivity contribution in [1.29, 1.82) is 0 Å². The molecule has 6 rings (SSSR count). The molecule has 4 aromatic heterocycles. The largest absolute Gasteiger partial charge is 0.492 e. The van der Waals surface area contributed by atoms with Crippen molar-refractivity contribution in [1.82, 2.24) is 50.5 Å². The van der Waals surface area contributed by atoms with Crippen LogP contribution in [0.25, 0.3) is 22.3 Å². The van der Waals surface area contributed by atoms with Crippen LogP contribution < -0.4 is 37.6 Å². The highest BCUT2D eigenvalue weighted by Crippen LogP contribution is 2.27. The van der Waals surface area contributed by atoms with Gasteiger partial charge in [0.1, 0.15) is 12.1 Å². The fourth-order valence-corrected chi connectivity index (χ4v) is 6.19. The van der Waals surface area contributed by atoms with E-state index in [1.165, 1.54) is 30.5 Å². The number of hydrogen-bond acceptors (Lipinski definition) is 20. The Labute approximate surface area is 379 Å². The molecule has 3 atom stereocenters. The van der Waals surface area contributed by atoms with Crippen molar-refractivity contribution in [3.63, 3.8) is 0 Å². The first-order chi connectivity index (χ1) is 31.7. The van der Waals surface area contributed by atoms with Crippen LogP contribution in [0.15, 0.2) is 60.9 Å². The first kappa shape index (κ1) is 48.9. The molecule has 0 radical (unpaired) electrons. The molecule has 2 amide bonds. The van der Waals surface area contributed by atoms with E-state index >= 15 is 0 Å². The summed E-state index contributed by atoms with van der Waals surface area (Å²) in [5.41, 5.74) is 20.9. The Morgan fingerprint density at radius 1 is 0.627 bits per heavy atom. The number of fused-ring (bicyclic) bond motifs is 2. The third-order valence-corrected chi connectivity index (χ3v) is 9.94. The highest BCUT2D eigenvalue weighted by Gasteiger charge is 2.24. The van der Waals surface area contributed by atoms with Crippen molar-refractivity contribution >= 4 is 87.1 Å². The van der Waals surface area contributed by atoms with Crippen molar-refractivity contribution in [2.45, 2.75) is 57.3 Å². The van der Waals surface area contributed by atoms with E-state index in [1.54, 1.807) is 37.5 Å². The number of nitrogen functional groups attached to an aromatic ring is 3. The van der Waals surface area contributed by atoms with E-state index in [4.69, 9.17) is 27.4 Å². The Bertz CT molecular complexity index is 2820. The summed E-state index contributed by atoms with van der Waals surface area (Å²) >= 11 is 0. The highest BCUT2D eigenvalue weighted by molar-refractivity contribution is 5.97. The molecule has 0 saturated heterocycles. The van der Waals surface area contributed by atoms with Crippen LogP contribution in [0.5, 0.6) is 5.88 Å². The number of aliphatic carboxylic acids is 4. The average Bonchev–Trinajstić information content (AvgIpc) is 3.28. The van der Waals surface area contributed by atoms with Gasteiger partial charge in [0.15, 0.2) is 28.1 Å². The molecular weight excluding hydrogens is 879 g/mol. The second-order valence-electron chi connectivity index (χ2n) is 14.7. The minimum atomic E-state index is -1.31. The number of aromatic nitrogens is 8. The number of anilines is 5. The molecule has 13 N–H and O–H groups in total. The summed E-state index contributed by atoms with van der Waals surface area (Å²) in [7, 11) is 3.62. The van der Waals surface area contributed by atoms with Crippen LogP contribution in [0, 0.1) is 0 Å². The van der Waals surface area contributed by atoms with Crippen molar-refractivity contribution in [3.8, 4) is 5.88 Å². The normalized spacial score (nSPS) is 12.2. The molecule has 67 heavy (non-hydrogen) atoms. The van der Waals surface area contributed by atoms with E-state index in [0.717, 1.165) is 11.4 Å². The van der Waals surface area contributed by atoms with Gasteiger partial charge >= 0.3 is 23.9 Å². The lowest BCUT2D eigenvalue weighted by Crippen LogP contribution is -2.41. The number of rotatable bonds is 18. The van der Waals surface area contributed by atoms with Gasteiger partial charge in [-0.3, -0.25) is 19.2 Å². The van der Waals surface area contributed by atoms with E-state index in [9.17, 15) is 44.1 Å². The van der Waals surface area contributed by atoms with E-state index < -0.39 is 47.8 Å². The van der Waals surface area contributed by atoms with Crippen LogP contribution in [0.3, 0.4) is 0 Å². The third kappa shape index (κ3) is 13.0. The number of carbonyl (C=O) groups is 6.